The van der Waals surface area contributed by atoms with Crippen molar-refractivity contribution < 1.29 is 9.47 Å². The zero-order chi connectivity index (χ0) is 7.90. The van der Waals surface area contributed by atoms with Crippen LogP contribution in [0.5, 0.6) is 0 Å². The number of halogens is 2. The molecular formula is C7H10Cl2O2. The Labute approximate surface area is 75.8 Å². The van der Waals surface area contributed by atoms with Gasteiger partial charge in [-0.15, -0.1) is 23.2 Å². The molecule has 2 rings (SSSR count). The Bertz CT molecular complexity index is 157. The van der Waals surface area contributed by atoms with Crippen LogP contribution in [0.3, 0.4) is 0 Å². The van der Waals surface area contributed by atoms with E-state index in [1.54, 1.807) is 0 Å². The van der Waals surface area contributed by atoms with E-state index in [4.69, 9.17) is 32.7 Å². The van der Waals surface area contributed by atoms with Gasteiger partial charge in [-0.3, -0.25) is 0 Å². The zero-order valence-electron chi connectivity index (χ0n) is 6.06. The van der Waals surface area contributed by atoms with Gasteiger partial charge in [0.1, 0.15) is 10.4 Å². The summed E-state index contributed by atoms with van der Waals surface area (Å²) in [5, 5.41) is 0. The van der Waals surface area contributed by atoms with E-state index in [-0.39, 0.29) is 0 Å². The summed E-state index contributed by atoms with van der Waals surface area (Å²) in [7, 11) is 0. The van der Waals surface area contributed by atoms with Crippen LogP contribution >= 0.6 is 23.2 Å². The van der Waals surface area contributed by atoms with Gasteiger partial charge in [0, 0.05) is 5.92 Å². The van der Waals surface area contributed by atoms with E-state index in [0.29, 0.717) is 25.2 Å². The number of epoxide rings is 1. The molecule has 2 aliphatic rings. The van der Waals surface area contributed by atoms with Gasteiger partial charge in [-0.25, -0.2) is 0 Å². The van der Waals surface area contributed by atoms with Gasteiger partial charge in [-0.1, -0.05) is 0 Å². The molecule has 1 saturated carbocycles. The molecule has 2 atom stereocenters. The topological polar surface area (TPSA) is 21.8 Å². The van der Waals surface area contributed by atoms with Gasteiger partial charge >= 0.3 is 0 Å². The largest absolute Gasteiger partial charge is 0.378 e. The summed E-state index contributed by atoms with van der Waals surface area (Å²) in [6.07, 6.45) is 1.20. The van der Waals surface area contributed by atoms with Crippen molar-refractivity contribution >= 4 is 23.2 Å². The molecule has 4 heteroatoms. The van der Waals surface area contributed by atoms with E-state index in [0.717, 1.165) is 13.0 Å². The number of hydrogen-bond donors (Lipinski definition) is 0. The normalized spacial score (nSPS) is 38.7. The fourth-order valence-corrected chi connectivity index (χ4v) is 1.45. The second-order valence-electron chi connectivity index (χ2n) is 3.15. The summed E-state index contributed by atoms with van der Waals surface area (Å²) in [6, 6.07) is 0. The average molecular weight is 197 g/mol. The Hall–Kier alpha value is 0.500. The lowest BCUT2D eigenvalue weighted by atomic mass is 10.4. The Morgan fingerprint density at radius 3 is 2.55 bits per heavy atom. The quantitative estimate of drug-likeness (QED) is 0.504. The Kier molecular flexibility index (Phi) is 2.04. The van der Waals surface area contributed by atoms with Crippen LogP contribution in [-0.2, 0) is 9.47 Å². The molecule has 11 heavy (non-hydrogen) atoms. The molecule has 1 heterocycles. The highest BCUT2D eigenvalue weighted by Gasteiger charge is 2.51. The summed E-state index contributed by atoms with van der Waals surface area (Å²) >= 11 is 11.6. The van der Waals surface area contributed by atoms with Crippen LogP contribution < -0.4 is 0 Å². The van der Waals surface area contributed by atoms with Gasteiger partial charge < -0.3 is 9.47 Å². The molecule has 0 N–H and O–H groups in total. The average Bonchev–Trinajstić information content (AvgIpc) is 2.75. The van der Waals surface area contributed by atoms with Gasteiger partial charge in [0.05, 0.1) is 19.8 Å². The van der Waals surface area contributed by atoms with E-state index in [2.05, 4.69) is 0 Å². The standard InChI is InChI=1S/C7H10Cl2O2/c8-7(9)1-5(7)2-10-3-6-4-11-6/h5-6H,1-4H2/t5-,6-/m1/s1. The van der Waals surface area contributed by atoms with Crippen LogP contribution in [0.15, 0.2) is 0 Å². The first-order valence-corrected chi connectivity index (χ1v) is 4.51. The van der Waals surface area contributed by atoms with Crippen LogP contribution in [0.2, 0.25) is 0 Å². The SMILES string of the molecule is ClC1(Cl)C[C@@H]1COC[C@@H]1CO1. The maximum absolute atomic E-state index is 5.79. The van der Waals surface area contributed by atoms with Crippen molar-refractivity contribution in [3.05, 3.63) is 0 Å². The monoisotopic (exact) mass is 196 g/mol. The van der Waals surface area contributed by atoms with Crippen LogP contribution in [0.1, 0.15) is 6.42 Å². The number of rotatable bonds is 4. The van der Waals surface area contributed by atoms with Crippen molar-refractivity contribution in [1.82, 2.24) is 0 Å². The van der Waals surface area contributed by atoms with E-state index in [9.17, 15) is 0 Å². The lowest BCUT2D eigenvalue weighted by molar-refractivity contribution is 0.107. The lowest BCUT2D eigenvalue weighted by Crippen LogP contribution is -2.06. The van der Waals surface area contributed by atoms with Gasteiger partial charge in [0.15, 0.2) is 0 Å². The summed E-state index contributed by atoms with van der Waals surface area (Å²) in [4.78, 5) is 0. The molecular weight excluding hydrogens is 187 g/mol. The molecule has 2 nitrogen and oxygen atoms in total. The molecule has 0 amide bonds. The minimum absolute atomic E-state index is 0.338. The van der Waals surface area contributed by atoms with Crippen LogP contribution in [0.4, 0.5) is 0 Å². The molecule has 0 aromatic heterocycles. The first-order chi connectivity index (χ1) is 5.18. The smallest absolute Gasteiger partial charge is 0.123 e. The van der Waals surface area contributed by atoms with E-state index in [1.807, 2.05) is 0 Å². The fourth-order valence-electron chi connectivity index (χ4n) is 0.956. The summed E-state index contributed by atoms with van der Waals surface area (Å²) in [6.45, 7) is 2.21. The molecule has 0 bridgehead atoms. The van der Waals surface area contributed by atoms with Crippen molar-refractivity contribution in [2.75, 3.05) is 19.8 Å². The first-order valence-electron chi connectivity index (χ1n) is 3.75. The van der Waals surface area contributed by atoms with Crippen LogP contribution in [0, 0.1) is 5.92 Å². The highest BCUT2D eigenvalue weighted by molar-refractivity contribution is 6.50. The Balaban J connectivity index is 1.54. The van der Waals surface area contributed by atoms with Crippen molar-refractivity contribution in [1.29, 1.82) is 0 Å². The molecule has 0 aromatic carbocycles. The lowest BCUT2D eigenvalue weighted by Gasteiger charge is -2.00. The van der Waals surface area contributed by atoms with Crippen LogP contribution in [-0.4, -0.2) is 30.3 Å². The Morgan fingerprint density at radius 2 is 2.09 bits per heavy atom. The number of alkyl halides is 2. The molecule has 1 aliphatic heterocycles. The zero-order valence-corrected chi connectivity index (χ0v) is 7.57. The molecule has 0 unspecified atom stereocenters. The summed E-state index contributed by atoms with van der Waals surface area (Å²) in [5.41, 5.74) is 0. The second kappa shape index (κ2) is 2.77. The third kappa shape index (κ3) is 2.22. The molecule has 64 valence electrons. The summed E-state index contributed by atoms with van der Waals surface area (Å²) in [5.74, 6) is 0.338. The number of hydrogen-bond acceptors (Lipinski definition) is 2. The van der Waals surface area contributed by atoms with Gasteiger partial charge in [-0.05, 0) is 6.42 Å². The third-order valence-electron chi connectivity index (χ3n) is 1.98. The van der Waals surface area contributed by atoms with Gasteiger partial charge in [-0.2, -0.15) is 0 Å². The highest BCUT2D eigenvalue weighted by atomic mass is 35.5. The molecule has 1 saturated heterocycles. The second-order valence-corrected chi connectivity index (χ2v) is 4.70. The highest BCUT2D eigenvalue weighted by Crippen LogP contribution is 2.53. The van der Waals surface area contributed by atoms with Gasteiger partial charge in [0.2, 0.25) is 0 Å². The van der Waals surface area contributed by atoms with Crippen LogP contribution in [0.25, 0.3) is 0 Å². The predicted octanol–water partition coefficient (Wildman–Crippen LogP) is 1.60. The molecule has 2 fully saturated rings. The maximum atomic E-state index is 5.79. The predicted molar refractivity (Wildman–Crippen MR) is 43.1 cm³/mol. The van der Waals surface area contributed by atoms with E-state index >= 15 is 0 Å². The maximum Gasteiger partial charge on any atom is 0.123 e. The van der Waals surface area contributed by atoms with E-state index in [1.165, 1.54) is 0 Å². The fraction of sp³-hybridized carbons (Fsp3) is 1.00. The van der Waals surface area contributed by atoms with Crippen molar-refractivity contribution in [2.45, 2.75) is 16.9 Å². The first kappa shape index (κ1) is 8.11. The molecule has 0 aromatic rings. The van der Waals surface area contributed by atoms with Crippen molar-refractivity contribution in [3.63, 3.8) is 0 Å². The Morgan fingerprint density at radius 1 is 1.45 bits per heavy atom. The van der Waals surface area contributed by atoms with Gasteiger partial charge in [0.25, 0.3) is 0 Å². The van der Waals surface area contributed by atoms with Crippen molar-refractivity contribution in [3.8, 4) is 0 Å². The van der Waals surface area contributed by atoms with Crippen molar-refractivity contribution in [2.24, 2.45) is 5.92 Å². The van der Waals surface area contributed by atoms with E-state index < -0.39 is 4.33 Å². The minimum Gasteiger partial charge on any atom is -0.378 e. The minimum atomic E-state index is -0.496. The molecule has 1 aliphatic carbocycles. The third-order valence-corrected chi connectivity index (χ3v) is 2.91. The number of ether oxygens (including phenoxy) is 2. The summed E-state index contributed by atoms with van der Waals surface area (Å²) < 4.78 is 9.80. The molecule has 0 spiro atoms. The molecule has 0 radical (unpaired) electrons.